The van der Waals surface area contributed by atoms with Gasteiger partial charge in [-0.2, -0.15) is 5.26 Å². The predicted octanol–water partition coefficient (Wildman–Crippen LogP) is 5.73. The minimum absolute atomic E-state index is 0.101. The van der Waals surface area contributed by atoms with Crippen molar-refractivity contribution in [3.63, 3.8) is 0 Å². The van der Waals surface area contributed by atoms with Gasteiger partial charge in [0.25, 0.3) is 0 Å². The quantitative estimate of drug-likeness (QED) is 0.543. The monoisotopic (exact) mass is 410 g/mol. The van der Waals surface area contributed by atoms with E-state index in [9.17, 15) is 5.26 Å². The maximum absolute atomic E-state index is 9.39. The first-order valence-corrected chi connectivity index (χ1v) is 11.0. The van der Waals surface area contributed by atoms with Crippen LogP contribution in [0.25, 0.3) is 11.3 Å². The van der Waals surface area contributed by atoms with Crippen LogP contribution in [-0.4, -0.2) is 17.2 Å². The van der Waals surface area contributed by atoms with Crippen molar-refractivity contribution in [1.29, 1.82) is 5.26 Å². The highest BCUT2D eigenvalue weighted by Crippen LogP contribution is 2.52. The van der Waals surface area contributed by atoms with Crippen molar-refractivity contribution in [1.82, 2.24) is 4.98 Å². The lowest BCUT2D eigenvalue weighted by Gasteiger charge is -2.25. The standard InChI is InChI=1S/C18H20ClN2O3PS/c1-12(2)22-25(26,23-13(3)4)24-18-15(11-20)7-10-17(21-18)14-5-8-16(19)9-6-14/h5-10,12-13H,1-4H3. The van der Waals surface area contributed by atoms with Crippen molar-refractivity contribution < 1.29 is 13.6 Å². The molecule has 0 atom stereocenters. The minimum atomic E-state index is -3.11. The lowest BCUT2D eigenvalue weighted by atomic mass is 10.1. The van der Waals surface area contributed by atoms with Gasteiger partial charge in [-0.15, -0.1) is 0 Å². The van der Waals surface area contributed by atoms with Gasteiger partial charge < -0.3 is 4.52 Å². The number of nitrogens with zero attached hydrogens (tertiary/aromatic N) is 2. The molecular formula is C18H20ClN2O3PS. The SMILES string of the molecule is CC(C)OP(=S)(Oc1nc(-c2ccc(Cl)cc2)ccc1C#N)OC(C)C. The Morgan fingerprint density at radius 1 is 1.04 bits per heavy atom. The summed E-state index contributed by atoms with van der Waals surface area (Å²) < 4.78 is 17.3. The number of benzene rings is 1. The van der Waals surface area contributed by atoms with Gasteiger partial charge >= 0.3 is 6.72 Å². The number of aromatic nitrogens is 1. The zero-order chi connectivity index (χ0) is 19.3. The highest BCUT2D eigenvalue weighted by Gasteiger charge is 2.28. The molecule has 5 nitrogen and oxygen atoms in total. The van der Waals surface area contributed by atoms with E-state index in [1.54, 1.807) is 24.3 Å². The topological polar surface area (TPSA) is 64.4 Å². The van der Waals surface area contributed by atoms with E-state index in [0.717, 1.165) is 5.56 Å². The smallest absolute Gasteiger partial charge is 0.382 e. The predicted molar refractivity (Wildman–Crippen MR) is 107 cm³/mol. The van der Waals surface area contributed by atoms with E-state index >= 15 is 0 Å². The third-order valence-corrected chi connectivity index (χ3v) is 5.75. The molecule has 2 rings (SSSR count). The van der Waals surface area contributed by atoms with Gasteiger partial charge in [0.05, 0.1) is 17.9 Å². The summed E-state index contributed by atoms with van der Waals surface area (Å²) in [7, 11) is 0. The van der Waals surface area contributed by atoms with Crippen LogP contribution in [0.3, 0.4) is 0 Å². The summed E-state index contributed by atoms with van der Waals surface area (Å²) >= 11 is 11.4. The lowest BCUT2D eigenvalue weighted by molar-refractivity contribution is 0.139. The molecule has 0 fully saturated rings. The van der Waals surface area contributed by atoms with Crippen molar-refractivity contribution in [3.8, 4) is 23.2 Å². The van der Waals surface area contributed by atoms with Crippen LogP contribution in [0, 0.1) is 11.3 Å². The largest absolute Gasteiger partial charge is 0.404 e. The summed E-state index contributed by atoms with van der Waals surface area (Å²) in [6.07, 6.45) is -0.380. The number of nitriles is 1. The molecule has 0 aliphatic carbocycles. The van der Waals surface area contributed by atoms with Gasteiger partial charge in [0.1, 0.15) is 11.6 Å². The van der Waals surface area contributed by atoms with Gasteiger partial charge in [-0.25, -0.2) is 4.98 Å². The molecule has 0 spiro atoms. The highest BCUT2D eigenvalue weighted by atomic mass is 35.5. The van der Waals surface area contributed by atoms with Crippen LogP contribution in [0.15, 0.2) is 36.4 Å². The van der Waals surface area contributed by atoms with E-state index < -0.39 is 6.72 Å². The maximum Gasteiger partial charge on any atom is 0.382 e. The van der Waals surface area contributed by atoms with Gasteiger partial charge in [-0.1, -0.05) is 23.7 Å². The Bertz CT molecular complexity index is 837. The summed E-state index contributed by atoms with van der Waals surface area (Å²) in [5.41, 5.74) is 1.73. The fourth-order valence-electron chi connectivity index (χ4n) is 2.07. The molecule has 0 amide bonds. The summed E-state index contributed by atoms with van der Waals surface area (Å²) in [4.78, 5) is 4.46. The summed E-state index contributed by atoms with van der Waals surface area (Å²) in [5.74, 6) is 0.101. The zero-order valence-electron chi connectivity index (χ0n) is 15.0. The van der Waals surface area contributed by atoms with E-state index in [0.29, 0.717) is 10.7 Å². The lowest BCUT2D eigenvalue weighted by Crippen LogP contribution is -2.12. The van der Waals surface area contributed by atoms with Crippen molar-refractivity contribution in [2.45, 2.75) is 39.9 Å². The molecule has 0 radical (unpaired) electrons. The van der Waals surface area contributed by atoms with Crippen molar-refractivity contribution in [3.05, 3.63) is 47.0 Å². The van der Waals surface area contributed by atoms with Gasteiger partial charge in [0, 0.05) is 22.4 Å². The van der Waals surface area contributed by atoms with Crippen molar-refractivity contribution in [2.75, 3.05) is 0 Å². The molecular weight excluding hydrogens is 391 g/mol. The molecule has 138 valence electrons. The number of hydrogen-bond donors (Lipinski definition) is 0. The molecule has 0 saturated carbocycles. The molecule has 0 unspecified atom stereocenters. The molecule has 2 aromatic rings. The van der Waals surface area contributed by atoms with Crippen molar-refractivity contribution >= 4 is 30.1 Å². The van der Waals surface area contributed by atoms with Crippen LogP contribution in [0.4, 0.5) is 0 Å². The van der Waals surface area contributed by atoms with Crippen molar-refractivity contribution in [2.24, 2.45) is 0 Å². The highest BCUT2D eigenvalue weighted by molar-refractivity contribution is 8.07. The Balaban J connectivity index is 2.42. The molecule has 26 heavy (non-hydrogen) atoms. The van der Waals surface area contributed by atoms with Crippen LogP contribution in [-0.2, 0) is 20.9 Å². The van der Waals surface area contributed by atoms with Crippen LogP contribution < -0.4 is 4.52 Å². The first-order chi connectivity index (χ1) is 12.2. The second kappa shape index (κ2) is 8.94. The van der Waals surface area contributed by atoms with Crippen LogP contribution in [0.5, 0.6) is 5.88 Å². The normalized spacial score (nSPS) is 11.6. The molecule has 1 aromatic carbocycles. The Labute approximate surface area is 164 Å². The molecule has 0 aliphatic heterocycles. The fraction of sp³-hybridized carbons (Fsp3) is 0.333. The van der Waals surface area contributed by atoms with E-state index in [1.807, 2.05) is 39.8 Å². The molecule has 0 saturated heterocycles. The number of hydrogen-bond acceptors (Lipinski definition) is 6. The van der Waals surface area contributed by atoms with E-state index in [4.69, 9.17) is 37.0 Å². The first-order valence-electron chi connectivity index (χ1n) is 8.06. The Hall–Kier alpha value is -1.48. The van der Waals surface area contributed by atoms with E-state index in [-0.39, 0.29) is 23.7 Å². The number of pyridine rings is 1. The second-order valence-corrected chi connectivity index (χ2v) is 9.29. The van der Waals surface area contributed by atoms with E-state index in [1.165, 1.54) is 0 Å². The van der Waals surface area contributed by atoms with Gasteiger partial charge in [0.2, 0.25) is 5.88 Å². The van der Waals surface area contributed by atoms with Crippen LogP contribution in [0.2, 0.25) is 5.02 Å². The zero-order valence-corrected chi connectivity index (χ0v) is 17.4. The van der Waals surface area contributed by atoms with E-state index in [2.05, 4.69) is 11.1 Å². The second-order valence-electron chi connectivity index (χ2n) is 6.01. The number of halogens is 1. The summed E-state index contributed by atoms with van der Waals surface area (Å²) in [5, 5.41) is 10.0. The summed E-state index contributed by atoms with van der Waals surface area (Å²) in [6, 6.07) is 12.7. The molecule has 0 aliphatic rings. The van der Waals surface area contributed by atoms with Gasteiger partial charge in [0.15, 0.2) is 0 Å². The maximum atomic E-state index is 9.39. The third-order valence-electron chi connectivity index (χ3n) is 3.00. The van der Waals surface area contributed by atoms with Gasteiger partial charge in [-0.05, 0) is 52.0 Å². The first kappa shape index (κ1) is 20.8. The average molecular weight is 411 g/mol. The molecule has 0 bridgehead atoms. The van der Waals surface area contributed by atoms with Gasteiger partial charge in [-0.3, -0.25) is 9.05 Å². The molecule has 8 heteroatoms. The average Bonchev–Trinajstić information content (AvgIpc) is 2.53. The Morgan fingerprint density at radius 3 is 2.12 bits per heavy atom. The Morgan fingerprint density at radius 2 is 1.62 bits per heavy atom. The fourth-order valence-corrected chi connectivity index (χ4v) is 4.96. The third kappa shape index (κ3) is 5.77. The molecule has 0 N–H and O–H groups in total. The number of rotatable bonds is 7. The minimum Gasteiger partial charge on any atom is -0.404 e. The molecule has 1 aromatic heterocycles. The van der Waals surface area contributed by atoms with Crippen LogP contribution >= 0.6 is 18.3 Å². The Kier molecular flexibility index (Phi) is 7.16. The summed E-state index contributed by atoms with van der Waals surface area (Å²) in [6.45, 7) is 4.26. The molecule has 1 heterocycles. The van der Waals surface area contributed by atoms with Crippen LogP contribution in [0.1, 0.15) is 33.3 Å².